The van der Waals surface area contributed by atoms with E-state index < -0.39 is 0 Å². The summed E-state index contributed by atoms with van der Waals surface area (Å²) in [6, 6.07) is 0. The highest BCUT2D eigenvalue weighted by molar-refractivity contribution is 5.10. The van der Waals surface area contributed by atoms with E-state index in [1.165, 1.54) is 0 Å². The van der Waals surface area contributed by atoms with Crippen molar-refractivity contribution in [3.8, 4) is 0 Å². The normalized spacial score (nSPS) is 23.5. The minimum atomic E-state index is 0.125. The van der Waals surface area contributed by atoms with Crippen molar-refractivity contribution in [3.63, 3.8) is 0 Å². The Morgan fingerprint density at radius 3 is 1.00 bits per heavy atom. The molecule has 0 aromatic rings. The van der Waals surface area contributed by atoms with Crippen molar-refractivity contribution in [2.75, 3.05) is 0 Å². The molecule has 0 aromatic heterocycles. The molecule has 1 saturated heterocycles. The highest BCUT2D eigenvalue weighted by Crippen LogP contribution is 2.46. The predicted octanol–water partition coefficient (Wildman–Crippen LogP) is 1.88. The molecule has 2 N–H and O–H groups in total. The van der Waals surface area contributed by atoms with Crippen LogP contribution in [0.15, 0.2) is 0 Å². The molecule has 0 spiro atoms. The van der Waals surface area contributed by atoms with Crippen molar-refractivity contribution in [1.29, 1.82) is 0 Å². The fraction of sp³-hybridized carbons (Fsp3) is 1.00. The molecule has 1 aliphatic heterocycles. The number of rotatable bonds is 0. The molecular weight excluding hydrogens is 136 g/mol. The zero-order valence-corrected chi connectivity index (χ0v) is 8.50. The molecule has 0 amide bonds. The van der Waals surface area contributed by atoms with Gasteiger partial charge in [-0.2, -0.15) is 0 Å². The van der Waals surface area contributed by atoms with Crippen molar-refractivity contribution in [1.82, 2.24) is 10.9 Å². The van der Waals surface area contributed by atoms with E-state index in [4.69, 9.17) is 0 Å². The quantitative estimate of drug-likeness (QED) is 0.526. The van der Waals surface area contributed by atoms with Crippen molar-refractivity contribution in [3.05, 3.63) is 0 Å². The molecule has 1 rings (SSSR count). The summed E-state index contributed by atoms with van der Waals surface area (Å²) in [5.74, 6) is 0. The van der Waals surface area contributed by atoms with E-state index in [1.54, 1.807) is 0 Å². The third kappa shape index (κ3) is 1.18. The Bertz CT molecular complexity index is 139. The van der Waals surface area contributed by atoms with Gasteiger partial charge in [0.05, 0.1) is 0 Å². The van der Waals surface area contributed by atoms with Crippen molar-refractivity contribution in [2.45, 2.75) is 47.2 Å². The van der Waals surface area contributed by atoms with Gasteiger partial charge >= 0.3 is 0 Å². The van der Waals surface area contributed by atoms with Gasteiger partial charge in [-0.3, -0.25) is 0 Å². The van der Waals surface area contributed by atoms with Crippen LogP contribution in [-0.2, 0) is 0 Å². The lowest BCUT2D eigenvalue weighted by Crippen LogP contribution is -2.46. The fourth-order valence-corrected chi connectivity index (χ4v) is 1.94. The maximum atomic E-state index is 3.28. The molecule has 0 aliphatic carbocycles. The second kappa shape index (κ2) is 1.99. The maximum Gasteiger partial charge on any atom is 0.104 e. The molecule has 2 heteroatoms. The van der Waals surface area contributed by atoms with Crippen LogP contribution in [0.3, 0.4) is 0 Å². The van der Waals surface area contributed by atoms with Gasteiger partial charge in [0.15, 0.2) is 0 Å². The smallest absolute Gasteiger partial charge is 0.104 e. The van der Waals surface area contributed by atoms with Crippen molar-refractivity contribution < 1.29 is 0 Å². The van der Waals surface area contributed by atoms with E-state index in [9.17, 15) is 0 Å². The lowest BCUT2D eigenvalue weighted by Gasteiger charge is -2.38. The molecule has 0 radical (unpaired) electrons. The van der Waals surface area contributed by atoms with Gasteiger partial charge in [0, 0.05) is 0 Å². The Balaban J connectivity index is 2.85. The third-order valence-corrected chi connectivity index (χ3v) is 2.62. The van der Waals surface area contributed by atoms with E-state index in [0.29, 0.717) is 0 Å². The largest absolute Gasteiger partial charge is 0.234 e. The number of hydrazine groups is 1. The second-order valence-electron chi connectivity index (χ2n) is 5.50. The summed E-state index contributed by atoms with van der Waals surface area (Å²) < 4.78 is 0. The van der Waals surface area contributed by atoms with Crippen LogP contribution in [0.4, 0.5) is 0 Å². The van der Waals surface area contributed by atoms with E-state index in [0.717, 1.165) is 0 Å². The molecule has 0 saturated carbocycles. The first-order chi connectivity index (χ1) is 4.71. The van der Waals surface area contributed by atoms with Gasteiger partial charge in [0.1, 0.15) is 5.66 Å². The van der Waals surface area contributed by atoms with Crippen LogP contribution >= 0.6 is 0 Å². The molecule has 1 aliphatic rings. The van der Waals surface area contributed by atoms with Crippen LogP contribution in [0.25, 0.3) is 0 Å². The minimum absolute atomic E-state index is 0.125. The fourth-order valence-electron chi connectivity index (χ4n) is 1.94. The lowest BCUT2D eigenvalue weighted by atomic mass is 9.69. The summed E-state index contributed by atoms with van der Waals surface area (Å²) in [7, 11) is 0. The van der Waals surface area contributed by atoms with Crippen molar-refractivity contribution >= 4 is 0 Å². The zero-order chi connectivity index (χ0) is 8.91. The predicted molar refractivity (Wildman–Crippen MR) is 47.9 cm³/mol. The summed E-state index contributed by atoms with van der Waals surface area (Å²) in [6.07, 6.45) is 0. The van der Waals surface area contributed by atoms with Crippen LogP contribution in [0.1, 0.15) is 41.5 Å². The van der Waals surface area contributed by atoms with Gasteiger partial charge in [0.2, 0.25) is 0 Å². The van der Waals surface area contributed by atoms with Crippen LogP contribution < -0.4 is 10.9 Å². The van der Waals surface area contributed by atoms with E-state index in [1.807, 2.05) is 0 Å². The van der Waals surface area contributed by atoms with Crippen molar-refractivity contribution in [2.24, 2.45) is 10.8 Å². The topological polar surface area (TPSA) is 43.9 Å². The third-order valence-electron chi connectivity index (χ3n) is 2.62. The summed E-state index contributed by atoms with van der Waals surface area (Å²) in [5, 5.41) is 0. The molecule has 0 unspecified atom stereocenters. The molecule has 0 aromatic carbocycles. The maximum absolute atomic E-state index is 3.28. The number of hydrogen-bond acceptors (Lipinski definition) is 2. The molecule has 0 atom stereocenters. The van der Waals surface area contributed by atoms with Gasteiger partial charge in [-0.05, 0) is 10.8 Å². The first kappa shape index (κ1) is 9.01. The molecule has 0 bridgehead atoms. The highest BCUT2D eigenvalue weighted by atomic mass is 15.7. The molecule has 66 valence electrons. The molecule has 2 nitrogen and oxygen atoms in total. The standard InChI is InChI=1S/C9H20N2/c1-7(2,3)9(10-11-9)8(4,5)6/h10-11H,1-6H3. The Hall–Kier alpha value is -0.0800. The SMILES string of the molecule is CC(C)(C)C1(C(C)(C)C)NN1. The van der Waals surface area contributed by atoms with E-state index in [-0.39, 0.29) is 16.5 Å². The van der Waals surface area contributed by atoms with Gasteiger partial charge in [-0.15, -0.1) is 0 Å². The summed E-state index contributed by atoms with van der Waals surface area (Å²) in [4.78, 5) is 0. The molecular formula is C9H20N2. The van der Waals surface area contributed by atoms with Gasteiger partial charge in [-0.25, -0.2) is 10.9 Å². The highest BCUT2D eigenvalue weighted by Gasteiger charge is 2.59. The average Bonchev–Trinajstić information content (AvgIpc) is 2.31. The summed E-state index contributed by atoms with van der Waals surface area (Å²) in [6.45, 7) is 13.5. The summed E-state index contributed by atoms with van der Waals surface area (Å²) >= 11 is 0. The number of hydrogen-bond donors (Lipinski definition) is 2. The Labute approximate surface area is 69.7 Å². The van der Waals surface area contributed by atoms with E-state index in [2.05, 4.69) is 52.4 Å². The number of nitrogens with one attached hydrogen (secondary N) is 2. The van der Waals surface area contributed by atoms with Gasteiger partial charge in [-0.1, -0.05) is 41.5 Å². The van der Waals surface area contributed by atoms with Crippen LogP contribution in [0.5, 0.6) is 0 Å². The van der Waals surface area contributed by atoms with Crippen LogP contribution in [0, 0.1) is 10.8 Å². The van der Waals surface area contributed by atoms with Gasteiger partial charge < -0.3 is 0 Å². The van der Waals surface area contributed by atoms with Crippen LogP contribution in [0.2, 0.25) is 0 Å². The average molecular weight is 156 g/mol. The molecule has 11 heavy (non-hydrogen) atoms. The van der Waals surface area contributed by atoms with Gasteiger partial charge in [0.25, 0.3) is 0 Å². The first-order valence-corrected chi connectivity index (χ1v) is 4.25. The van der Waals surface area contributed by atoms with Crippen LogP contribution in [-0.4, -0.2) is 5.66 Å². The minimum Gasteiger partial charge on any atom is -0.234 e. The Kier molecular flexibility index (Phi) is 1.63. The second-order valence-corrected chi connectivity index (χ2v) is 5.50. The Morgan fingerprint density at radius 1 is 0.727 bits per heavy atom. The molecule has 1 heterocycles. The Morgan fingerprint density at radius 2 is 1.00 bits per heavy atom. The lowest BCUT2D eigenvalue weighted by molar-refractivity contribution is 0.136. The summed E-state index contributed by atoms with van der Waals surface area (Å²) in [5.41, 5.74) is 7.22. The first-order valence-electron chi connectivity index (χ1n) is 4.25. The monoisotopic (exact) mass is 156 g/mol. The molecule has 1 fully saturated rings. The zero-order valence-electron chi connectivity index (χ0n) is 8.50. The van der Waals surface area contributed by atoms with E-state index >= 15 is 0 Å².